The number of hydrogen-bond acceptors (Lipinski definition) is 7. The molecule has 0 radical (unpaired) electrons. The zero-order chi connectivity index (χ0) is 17.8. The SMILES string of the molecule is CCNC(=O)NC(CNCC(O)C(O)CO)C(O)CC(O)CC. The molecule has 2 amide bonds. The summed E-state index contributed by atoms with van der Waals surface area (Å²) in [5, 5.41) is 55.3. The molecule has 5 unspecified atom stereocenters. The second kappa shape index (κ2) is 12.5. The van der Waals surface area contributed by atoms with Gasteiger partial charge in [0.2, 0.25) is 0 Å². The van der Waals surface area contributed by atoms with Crippen LogP contribution in [0.2, 0.25) is 0 Å². The van der Waals surface area contributed by atoms with E-state index < -0.39 is 43.1 Å². The van der Waals surface area contributed by atoms with Gasteiger partial charge in [-0.05, 0) is 13.3 Å². The number of nitrogens with one attached hydrogen (secondary N) is 3. The van der Waals surface area contributed by atoms with E-state index in [4.69, 9.17) is 5.11 Å². The van der Waals surface area contributed by atoms with Crippen LogP contribution in [-0.2, 0) is 0 Å². The molecule has 9 heteroatoms. The number of hydrogen-bond donors (Lipinski definition) is 8. The van der Waals surface area contributed by atoms with E-state index >= 15 is 0 Å². The smallest absolute Gasteiger partial charge is 0.315 e. The number of rotatable bonds is 12. The molecule has 0 heterocycles. The highest BCUT2D eigenvalue weighted by Gasteiger charge is 2.24. The molecule has 9 nitrogen and oxygen atoms in total. The molecule has 0 aliphatic carbocycles. The van der Waals surface area contributed by atoms with Crippen molar-refractivity contribution in [1.29, 1.82) is 0 Å². The largest absolute Gasteiger partial charge is 0.394 e. The van der Waals surface area contributed by atoms with E-state index in [-0.39, 0.29) is 19.5 Å². The van der Waals surface area contributed by atoms with Gasteiger partial charge in [-0.15, -0.1) is 0 Å². The Kier molecular flexibility index (Phi) is 11.9. The molecule has 23 heavy (non-hydrogen) atoms. The molecule has 0 aromatic carbocycles. The third-order valence-electron chi connectivity index (χ3n) is 3.45. The molecule has 0 saturated heterocycles. The molecule has 0 aromatic rings. The Balaban J connectivity index is 4.49. The lowest BCUT2D eigenvalue weighted by molar-refractivity contribution is -0.0137. The first-order valence-electron chi connectivity index (χ1n) is 7.93. The molecular weight excluding hydrogens is 306 g/mol. The fraction of sp³-hybridized carbons (Fsp3) is 0.929. The van der Waals surface area contributed by atoms with Crippen LogP contribution in [0, 0.1) is 0 Å². The van der Waals surface area contributed by atoms with Gasteiger partial charge in [0.05, 0.1) is 31.0 Å². The predicted octanol–water partition coefficient (Wildman–Crippen LogP) is -2.50. The molecule has 0 fully saturated rings. The Labute approximate surface area is 136 Å². The molecule has 0 rings (SSSR count). The van der Waals surface area contributed by atoms with E-state index in [1.54, 1.807) is 13.8 Å². The maximum atomic E-state index is 11.6. The van der Waals surface area contributed by atoms with Crippen LogP contribution in [0.1, 0.15) is 26.7 Å². The van der Waals surface area contributed by atoms with Crippen LogP contribution in [-0.4, -0.2) is 88.3 Å². The summed E-state index contributed by atoms with van der Waals surface area (Å²) in [6, 6.07) is -1.12. The average Bonchev–Trinajstić information content (AvgIpc) is 2.52. The number of carbonyl (C=O) groups excluding carboxylic acids is 1. The molecule has 0 aliphatic rings. The number of aliphatic hydroxyl groups excluding tert-OH is 5. The summed E-state index contributed by atoms with van der Waals surface area (Å²) in [5.74, 6) is 0. The summed E-state index contributed by atoms with van der Waals surface area (Å²) in [4.78, 5) is 11.6. The van der Waals surface area contributed by atoms with E-state index in [1.807, 2.05) is 0 Å². The van der Waals surface area contributed by atoms with Gasteiger partial charge in [-0.3, -0.25) is 0 Å². The van der Waals surface area contributed by atoms with Crippen molar-refractivity contribution in [3.8, 4) is 0 Å². The molecule has 0 aromatic heterocycles. The lowest BCUT2D eigenvalue weighted by atomic mass is 10.0. The zero-order valence-electron chi connectivity index (χ0n) is 13.8. The standard InChI is InChI=1S/C14H31N3O6/c1-3-9(19)5-11(20)10(17-14(23)16-4-2)6-15-7-12(21)13(22)8-18/h9-13,15,18-22H,3-8H2,1-2H3,(H2,16,17,23). The molecule has 0 bridgehead atoms. The third-order valence-corrected chi connectivity index (χ3v) is 3.45. The van der Waals surface area contributed by atoms with Gasteiger partial charge in [-0.2, -0.15) is 0 Å². The van der Waals surface area contributed by atoms with Crippen LogP contribution < -0.4 is 16.0 Å². The Hall–Kier alpha value is -0.970. The quantitative estimate of drug-likeness (QED) is 0.196. The summed E-state index contributed by atoms with van der Waals surface area (Å²) < 4.78 is 0. The number of carbonyl (C=O) groups is 1. The molecule has 5 atom stereocenters. The Morgan fingerprint density at radius 3 is 2.17 bits per heavy atom. The summed E-state index contributed by atoms with van der Waals surface area (Å²) in [6.45, 7) is 3.53. The zero-order valence-corrected chi connectivity index (χ0v) is 13.8. The maximum Gasteiger partial charge on any atom is 0.315 e. The Morgan fingerprint density at radius 1 is 1.00 bits per heavy atom. The summed E-state index contributed by atoms with van der Waals surface area (Å²) >= 11 is 0. The van der Waals surface area contributed by atoms with Gasteiger partial charge < -0.3 is 41.5 Å². The van der Waals surface area contributed by atoms with E-state index in [0.717, 1.165) is 0 Å². The first kappa shape index (κ1) is 22.0. The van der Waals surface area contributed by atoms with E-state index in [2.05, 4.69) is 16.0 Å². The first-order valence-corrected chi connectivity index (χ1v) is 7.93. The minimum Gasteiger partial charge on any atom is -0.394 e. The molecule has 0 spiro atoms. The second-order valence-electron chi connectivity index (χ2n) is 5.45. The molecular formula is C14H31N3O6. The van der Waals surface area contributed by atoms with Crippen molar-refractivity contribution < 1.29 is 30.3 Å². The lowest BCUT2D eigenvalue weighted by Crippen LogP contribution is -2.54. The highest BCUT2D eigenvalue weighted by atomic mass is 16.4. The molecule has 138 valence electrons. The summed E-state index contributed by atoms with van der Waals surface area (Å²) in [6.07, 6.45) is -3.48. The highest BCUT2D eigenvalue weighted by molar-refractivity contribution is 5.74. The van der Waals surface area contributed by atoms with Gasteiger partial charge >= 0.3 is 6.03 Å². The van der Waals surface area contributed by atoms with Gasteiger partial charge in [0.25, 0.3) is 0 Å². The van der Waals surface area contributed by atoms with Crippen LogP contribution >= 0.6 is 0 Å². The topological polar surface area (TPSA) is 154 Å². The molecule has 0 saturated carbocycles. The fourth-order valence-corrected chi connectivity index (χ4v) is 1.92. The normalized spacial score (nSPS) is 17.9. The van der Waals surface area contributed by atoms with Crippen molar-refractivity contribution in [3.63, 3.8) is 0 Å². The number of aliphatic hydroxyl groups is 5. The number of amides is 2. The summed E-state index contributed by atoms with van der Waals surface area (Å²) in [5.41, 5.74) is 0. The fourth-order valence-electron chi connectivity index (χ4n) is 1.92. The second-order valence-corrected chi connectivity index (χ2v) is 5.45. The Morgan fingerprint density at radius 2 is 1.65 bits per heavy atom. The van der Waals surface area contributed by atoms with Gasteiger partial charge in [-0.1, -0.05) is 6.92 Å². The van der Waals surface area contributed by atoms with Crippen molar-refractivity contribution >= 4 is 6.03 Å². The van der Waals surface area contributed by atoms with Gasteiger partial charge in [0.15, 0.2) is 0 Å². The van der Waals surface area contributed by atoms with Crippen LogP contribution in [0.5, 0.6) is 0 Å². The van der Waals surface area contributed by atoms with Crippen LogP contribution in [0.25, 0.3) is 0 Å². The monoisotopic (exact) mass is 337 g/mol. The van der Waals surface area contributed by atoms with E-state index in [0.29, 0.717) is 13.0 Å². The van der Waals surface area contributed by atoms with Crippen LogP contribution in [0.4, 0.5) is 4.79 Å². The molecule has 8 N–H and O–H groups in total. The predicted molar refractivity (Wildman–Crippen MR) is 84.9 cm³/mol. The van der Waals surface area contributed by atoms with Crippen molar-refractivity contribution in [2.45, 2.75) is 57.1 Å². The van der Waals surface area contributed by atoms with Crippen molar-refractivity contribution in [1.82, 2.24) is 16.0 Å². The van der Waals surface area contributed by atoms with Crippen molar-refractivity contribution in [3.05, 3.63) is 0 Å². The van der Waals surface area contributed by atoms with E-state index in [9.17, 15) is 25.2 Å². The van der Waals surface area contributed by atoms with Crippen molar-refractivity contribution in [2.75, 3.05) is 26.2 Å². The lowest BCUT2D eigenvalue weighted by Gasteiger charge is -2.27. The summed E-state index contributed by atoms with van der Waals surface area (Å²) in [7, 11) is 0. The minimum absolute atomic E-state index is 0.0155. The van der Waals surface area contributed by atoms with Gasteiger partial charge in [0.1, 0.15) is 6.10 Å². The third kappa shape index (κ3) is 9.69. The van der Waals surface area contributed by atoms with E-state index in [1.165, 1.54) is 0 Å². The maximum absolute atomic E-state index is 11.6. The highest BCUT2D eigenvalue weighted by Crippen LogP contribution is 2.06. The van der Waals surface area contributed by atoms with Crippen LogP contribution in [0.15, 0.2) is 0 Å². The van der Waals surface area contributed by atoms with Crippen molar-refractivity contribution in [2.24, 2.45) is 0 Å². The van der Waals surface area contributed by atoms with Crippen LogP contribution in [0.3, 0.4) is 0 Å². The first-order chi connectivity index (χ1) is 10.8. The minimum atomic E-state index is -1.26. The molecule has 0 aliphatic heterocycles. The number of urea groups is 1. The van der Waals surface area contributed by atoms with Gasteiger partial charge in [0, 0.05) is 26.1 Å². The Bertz CT molecular complexity index is 321. The average molecular weight is 337 g/mol. The van der Waals surface area contributed by atoms with Gasteiger partial charge in [-0.25, -0.2) is 4.79 Å².